The second-order valence-corrected chi connectivity index (χ2v) is 6.96. The van der Waals surface area contributed by atoms with Gasteiger partial charge in [-0.15, -0.1) is 0 Å². The lowest BCUT2D eigenvalue weighted by atomic mass is 10.0. The van der Waals surface area contributed by atoms with Crippen molar-refractivity contribution in [3.63, 3.8) is 0 Å². The van der Waals surface area contributed by atoms with Crippen LogP contribution in [0.15, 0.2) is 30.3 Å². The quantitative estimate of drug-likeness (QED) is 0.439. The average molecular weight is 347 g/mol. The highest BCUT2D eigenvalue weighted by Gasteiger charge is 2.23. The summed E-state index contributed by atoms with van der Waals surface area (Å²) in [5.41, 5.74) is 0.556. The molecule has 0 radical (unpaired) electrons. The largest absolute Gasteiger partial charge is 0.464 e. The van der Waals surface area contributed by atoms with Crippen LogP contribution in [0, 0.1) is 5.92 Å². The van der Waals surface area contributed by atoms with E-state index in [0.717, 1.165) is 12.8 Å². The number of carbonyl (C=O) groups is 2. The van der Waals surface area contributed by atoms with Crippen molar-refractivity contribution in [3.05, 3.63) is 35.9 Å². The van der Waals surface area contributed by atoms with Gasteiger partial charge in [-0.3, -0.25) is 4.79 Å². The average Bonchev–Trinajstić information content (AvgIpc) is 2.60. The Labute approximate surface area is 152 Å². The Morgan fingerprint density at radius 3 is 2.28 bits per heavy atom. The van der Waals surface area contributed by atoms with Crippen molar-refractivity contribution in [2.24, 2.45) is 5.92 Å². The third-order valence-electron chi connectivity index (χ3n) is 4.08. The second-order valence-electron chi connectivity index (χ2n) is 6.96. The monoisotopic (exact) mass is 347 g/mol. The van der Waals surface area contributed by atoms with Crippen LogP contribution in [-0.4, -0.2) is 24.5 Å². The summed E-state index contributed by atoms with van der Waals surface area (Å²) in [7, 11) is 0. The van der Waals surface area contributed by atoms with E-state index in [1.54, 1.807) is 12.1 Å². The van der Waals surface area contributed by atoms with E-state index in [9.17, 15) is 9.59 Å². The Morgan fingerprint density at radius 1 is 1.00 bits per heavy atom. The topological polar surface area (TPSA) is 55.4 Å². The van der Waals surface area contributed by atoms with Crippen molar-refractivity contribution >= 4 is 11.9 Å². The van der Waals surface area contributed by atoms with Crippen LogP contribution in [0.4, 0.5) is 0 Å². The summed E-state index contributed by atoms with van der Waals surface area (Å²) < 4.78 is 5.39. The molecule has 0 aromatic heterocycles. The molecule has 1 aromatic rings. The van der Waals surface area contributed by atoms with Gasteiger partial charge in [-0.1, -0.05) is 71.1 Å². The maximum Gasteiger partial charge on any atom is 0.328 e. The van der Waals surface area contributed by atoms with E-state index in [2.05, 4.69) is 12.2 Å². The molecule has 140 valence electrons. The SMILES string of the molecule is CCCCCCCCOC(=O)C(CC(C)C)NC(=O)c1ccccc1. The van der Waals surface area contributed by atoms with Gasteiger partial charge in [0.1, 0.15) is 6.04 Å². The molecular formula is C21H33NO3. The van der Waals surface area contributed by atoms with Gasteiger partial charge in [0.05, 0.1) is 6.61 Å². The van der Waals surface area contributed by atoms with Gasteiger partial charge < -0.3 is 10.1 Å². The zero-order chi connectivity index (χ0) is 18.5. The van der Waals surface area contributed by atoms with E-state index >= 15 is 0 Å². The van der Waals surface area contributed by atoms with Crippen molar-refractivity contribution in [2.75, 3.05) is 6.61 Å². The molecule has 4 heteroatoms. The maximum absolute atomic E-state index is 12.3. The molecular weight excluding hydrogens is 314 g/mol. The highest BCUT2D eigenvalue weighted by atomic mass is 16.5. The molecule has 0 fully saturated rings. The maximum atomic E-state index is 12.3. The molecule has 0 spiro atoms. The Morgan fingerprint density at radius 2 is 1.64 bits per heavy atom. The lowest BCUT2D eigenvalue weighted by Gasteiger charge is -2.19. The molecule has 0 aliphatic carbocycles. The molecule has 25 heavy (non-hydrogen) atoms. The molecule has 1 N–H and O–H groups in total. The van der Waals surface area contributed by atoms with Crippen LogP contribution >= 0.6 is 0 Å². The third-order valence-corrected chi connectivity index (χ3v) is 4.08. The van der Waals surface area contributed by atoms with Crippen LogP contribution in [0.3, 0.4) is 0 Å². The van der Waals surface area contributed by atoms with Gasteiger partial charge in [0, 0.05) is 5.56 Å². The zero-order valence-corrected chi connectivity index (χ0v) is 15.9. The molecule has 1 rings (SSSR count). The van der Waals surface area contributed by atoms with Crippen molar-refractivity contribution in [1.29, 1.82) is 0 Å². The first-order chi connectivity index (χ1) is 12.0. The van der Waals surface area contributed by atoms with Crippen LogP contribution in [0.1, 0.15) is 76.1 Å². The van der Waals surface area contributed by atoms with Crippen LogP contribution in [-0.2, 0) is 9.53 Å². The zero-order valence-electron chi connectivity index (χ0n) is 15.9. The summed E-state index contributed by atoms with van der Waals surface area (Å²) in [4.78, 5) is 24.6. The van der Waals surface area contributed by atoms with Gasteiger partial charge in [-0.05, 0) is 30.9 Å². The summed E-state index contributed by atoms with van der Waals surface area (Å²) >= 11 is 0. The highest BCUT2D eigenvalue weighted by molar-refractivity contribution is 5.96. The molecule has 0 aliphatic rings. The molecule has 1 unspecified atom stereocenters. The van der Waals surface area contributed by atoms with E-state index in [1.165, 1.54) is 25.7 Å². The standard InChI is InChI=1S/C21H33NO3/c1-4-5-6-7-8-12-15-25-21(24)19(16-17(2)3)22-20(23)18-13-10-9-11-14-18/h9-11,13-14,17,19H,4-8,12,15-16H2,1-3H3,(H,22,23). The van der Waals surface area contributed by atoms with Gasteiger partial charge in [0.25, 0.3) is 5.91 Å². The van der Waals surface area contributed by atoms with Crippen LogP contribution < -0.4 is 5.32 Å². The Hall–Kier alpha value is -1.84. The van der Waals surface area contributed by atoms with Crippen LogP contribution in [0.5, 0.6) is 0 Å². The number of rotatable bonds is 12. The first kappa shape index (κ1) is 21.2. The molecule has 0 heterocycles. The number of ether oxygens (including phenoxy) is 1. The number of carbonyl (C=O) groups excluding carboxylic acids is 2. The second kappa shape index (κ2) is 12.5. The summed E-state index contributed by atoms with van der Waals surface area (Å²) in [5.74, 6) is -0.267. The molecule has 4 nitrogen and oxygen atoms in total. The number of amides is 1. The van der Waals surface area contributed by atoms with Gasteiger partial charge in [0.15, 0.2) is 0 Å². The Balaban J connectivity index is 2.43. The van der Waals surface area contributed by atoms with Crippen molar-refractivity contribution in [2.45, 2.75) is 71.8 Å². The number of hydrogen-bond donors (Lipinski definition) is 1. The minimum Gasteiger partial charge on any atom is -0.464 e. The predicted octanol–water partition coefficient (Wildman–Crippen LogP) is 4.73. The fourth-order valence-electron chi connectivity index (χ4n) is 2.67. The summed E-state index contributed by atoms with van der Waals surface area (Å²) in [6, 6.07) is 8.36. The molecule has 0 saturated carbocycles. The first-order valence-electron chi connectivity index (χ1n) is 9.57. The summed E-state index contributed by atoms with van der Waals surface area (Å²) in [6.07, 6.45) is 7.47. The van der Waals surface area contributed by atoms with E-state index in [-0.39, 0.29) is 11.9 Å². The number of unbranched alkanes of at least 4 members (excludes halogenated alkanes) is 5. The molecule has 0 saturated heterocycles. The van der Waals surface area contributed by atoms with E-state index in [0.29, 0.717) is 24.5 Å². The molecule has 1 aromatic carbocycles. The van der Waals surface area contributed by atoms with E-state index < -0.39 is 6.04 Å². The number of hydrogen-bond acceptors (Lipinski definition) is 3. The van der Waals surface area contributed by atoms with Gasteiger partial charge >= 0.3 is 5.97 Å². The Kier molecular flexibility index (Phi) is 10.6. The molecule has 1 atom stereocenters. The minimum absolute atomic E-state index is 0.234. The normalized spacial score (nSPS) is 12.0. The van der Waals surface area contributed by atoms with Crippen molar-refractivity contribution in [1.82, 2.24) is 5.32 Å². The number of benzene rings is 1. The number of esters is 1. The Bertz CT molecular complexity index is 499. The molecule has 0 aliphatic heterocycles. The molecule has 1 amide bonds. The minimum atomic E-state index is -0.590. The van der Waals surface area contributed by atoms with Gasteiger partial charge in [-0.2, -0.15) is 0 Å². The highest BCUT2D eigenvalue weighted by Crippen LogP contribution is 2.10. The van der Waals surface area contributed by atoms with Crippen molar-refractivity contribution in [3.8, 4) is 0 Å². The molecule has 0 bridgehead atoms. The lowest BCUT2D eigenvalue weighted by molar-refractivity contribution is -0.146. The van der Waals surface area contributed by atoms with Gasteiger partial charge in [0.2, 0.25) is 0 Å². The van der Waals surface area contributed by atoms with Gasteiger partial charge in [-0.25, -0.2) is 4.79 Å². The fraction of sp³-hybridized carbons (Fsp3) is 0.619. The van der Waals surface area contributed by atoms with E-state index in [1.807, 2.05) is 32.0 Å². The summed E-state index contributed by atoms with van der Waals surface area (Å²) in [6.45, 7) is 6.69. The first-order valence-corrected chi connectivity index (χ1v) is 9.57. The third kappa shape index (κ3) is 9.28. The lowest BCUT2D eigenvalue weighted by Crippen LogP contribution is -2.42. The smallest absolute Gasteiger partial charge is 0.328 e. The van der Waals surface area contributed by atoms with E-state index in [4.69, 9.17) is 4.74 Å². The van der Waals surface area contributed by atoms with Crippen LogP contribution in [0.2, 0.25) is 0 Å². The summed E-state index contributed by atoms with van der Waals surface area (Å²) in [5, 5.41) is 2.82. The van der Waals surface area contributed by atoms with Crippen molar-refractivity contribution < 1.29 is 14.3 Å². The fourth-order valence-corrected chi connectivity index (χ4v) is 2.67. The van der Waals surface area contributed by atoms with Crippen LogP contribution in [0.25, 0.3) is 0 Å². The predicted molar refractivity (Wildman–Crippen MR) is 101 cm³/mol. The number of nitrogens with one attached hydrogen (secondary N) is 1.